The predicted molar refractivity (Wildman–Crippen MR) is 78.1 cm³/mol. The zero-order valence-electron chi connectivity index (χ0n) is 11.9. The van der Waals surface area contributed by atoms with Crippen LogP contribution in [0.15, 0.2) is 30.3 Å². The van der Waals surface area contributed by atoms with Crippen LogP contribution < -0.4 is 11.1 Å². The normalized spacial score (nSPS) is 10.6. The first-order valence-corrected chi connectivity index (χ1v) is 6.73. The van der Waals surface area contributed by atoms with Gasteiger partial charge in [0.2, 0.25) is 0 Å². The lowest BCUT2D eigenvalue weighted by Crippen LogP contribution is -2.25. The number of aromatic nitrogens is 2. The Hall–Kier alpha value is -2.14. The second kappa shape index (κ2) is 6.34. The van der Waals surface area contributed by atoms with Gasteiger partial charge in [0.05, 0.1) is 5.69 Å². The van der Waals surface area contributed by atoms with Gasteiger partial charge < -0.3 is 11.1 Å². The third-order valence-electron chi connectivity index (χ3n) is 3.21. The standard InChI is InChI=1S/C15H20N4O/c1-3-13-8-14(19(2)18-13)15(20)17-10-12-6-4-5-11(7-12)9-16/h4-8H,3,9-10,16H2,1-2H3,(H,17,20). The molecule has 0 aliphatic rings. The molecule has 5 nitrogen and oxygen atoms in total. The first-order chi connectivity index (χ1) is 9.63. The van der Waals surface area contributed by atoms with Crippen molar-refractivity contribution >= 4 is 5.91 Å². The van der Waals surface area contributed by atoms with Crippen molar-refractivity contribution in [3.63, 3.8) is 0 Å². The number of aryl methyl sites for hydroxylation is 2. The minimum absolute atomic E-state index is 0.113. The number of rotatable bonds is 5. The molecule has 1 amide bonds. The van der Waals surface area contributed by atoms with Crippen molar-refractivity contribution in [3.05, 3.63) is 52.8 Å². The fourth-order valence-electron chi connectivity index (χ4n) is 2.05. The number of carbonyl (C=O) groups is 1. The molecular weight excluding hydrogens is 252 g/mol. The molecule has 1 heterocycles. The van der Waals surface area contributed by atoms with Gasteiger partial charge in [0.1, 0.15) is 5.69 Å². The second-order valence-corrected chi connectivity index (χ2v) is 4.70. The molecule has 1 aromatic heterocycles. The monoisotopic (exact) mass is 272 g/mol. The number of nitrogens with zero attached hydrogens (tertiary/aromatic N) is 2. The Balaban J connectivity index is 2.02. The zero-order chi connectivity index (χ0) is 14.5. The number of carbonyl (C=O) groups excluding carboxylic acids is 1. The van der Waals surface area contributed by atoms with Gasteiger partial charge in [0.25, 0.3) is 5.91 Å². The van der Waals surface area contributed by atoms with Gasteiger partial charge in [-0.05, 0) is 23.6 Å². The van der Waals surface area contributed by atoms with Crippen molar-refractivity contribution in [2.75, 3.05) is 0 Å². The average molecular weight is 272 g/mol. The SMILES string of the molecule is CCc1cc(C(=O)NCc2cccc(CN)c2)n(C)n1. The highest BCUT2D eigenvalue weighted by Gasteiger charge is 2.12. The molecule has 106 valence electrons. The summed E-state index contributed by atoms with van der Waals surface area (Å²) in [6.07, 6.45) is 0.819. The Morgan fingerprint density at radius 3 is 2.75 bits per heavy atom. The molecule has 0 saturated carbocycles. The summed E-state index contributed by atoms with van der Waals surface area (Å²) in [7, 11) is 1.78. The molecule has 2 aromatic rings. The summed E-state index contributed by atoms with van der Waals surface area (Å²) in [6, 6.07) is 9.72. The molecule has 20 heavy (non-hydrogen) atoms. The summed E-state index contributed by atoms with van der Waals surface area (Å²) in [5.74, 6) is -0.113. The lowest BCUT2D eigenvalue weighted by atomic mass is 10.1. The van der Waals surface area contributed by atoms with E-state index < -0.39 is 0 Å². The van der Waals surface area contributed by atoms with Gasteiger partial charge in [-0.15, -0.1) is 0 Å². The van der Waals surface area contributed by atoms with Crippen LogP contribution in [-0.2, 0) is 26.6 Å². The molecule has 0 bridgehead atoms. The van der Waals surface area contributed by atoms with Crippen LogP contribution in [0.25, 0.3) is 0 Å². The summed E-state index contributed by atoms with van der Waals surface area (Å²) < 4.78 is 1.62. The molecule has 0 unspecified atom stereocenters. The van der Waals surface area contributed by atoms with Gasteiger partial charge in [-0.25, -0.2) is 0 Å². The van der Waals surface area contributed by atoms with E-state index in [-0.39, 0.29) is 5.91 Å². The number of hydrogen-bond acceptors (Lipinski definition) is 3. The van der Waals surface area contributed by atoms with Crippen LogP contribution in [0.4, 0.5) is 0 Å². The summed E-state index contributed by atoms with van der Waals surface area (Å²) in [5, 5.41) is 7.18. The summed E-state index contributed by atoms with van der Waals surface area (Å²) >= 11 is 0. The first-order valence-electron chi connectivity index (χ1n) is 6.73. The maximum atomic E-state index is 12.1. The summed E-state index contributed by atoms with van der Waals surface area (Å²) in [6.45, 7) is 3.00. The van der Waals surface area contributed by atoms with E-state index in [0.717, 1.165) is 23.2 Å². The zero-order valence-corrected chi connectivity index (χ0v) is 11.9. The molecule has 0 aliphatic carbocycles. The Morgan fingerprint density at radius 1 is 1.35 bits per heavy atom. The van der Waals surface area contributed by atoms with Gasteiger partial charge in [-0.2, -0.15) is 5.10 Å². The molecule has 2 rings (SSSR count). The van der Waals surface area contributed by atoms with Gasteiger partial charge in [0, 0.05) is 20.1 Å². The van der Waals surface area contributed by atoms with E-state index in [1.54, 1.807) is 11.7 Å². The van der Waals surface area contributed by atoms with Crippen LogP contribution >= 0.6 is 0 Å². The smallest absolute Gasteiger partial charge is 0.269 e. The van der Waals surface area contributed by atoms with Crippen LogP contribution in [0.2, 0.25) is 0 Å². The van der Waals surface area contributed by atoms with Crippen LogP contribution in [0.5, 0.6) is 0 Å². The van der Waals surface area contributed by atoms with E-state index in [2.05, 4.69) is 10.4 Å². The Labute approximate surface area is 118 Å². The van der Waals surface area contributed by atoms with Crippen LogP contribution in [0.3, 0.4) is 0 Å². The highest BCUT2D eigenvalue weighted by atomic mass is 16.2. The van der Waals surface area contributed by atoms with Gasteiger partial charge >= 0.3 is 0 Å². The van der Waals surface area contributed by atoms with Crippen molar-refractivity contribution in [2.45, 2.75) is 26.4 Å². The maximum absolute atomic E-state index is 12.1. The van der Waals surface area contributed by atoms with E-state index in [1.807, 2.05) is 37.3 Å². The van der Waals surface area contributed by atoms with Gasteiger partial charge in [0.15, 0.2) is 0 Å². The molecule has 3 N–H and O–H groups in total. The molecule has 0 atom stereocenters. The molecule has 0 saturated heterocycles. The topological polar surface area (TPSA) is 72.9 Å². The third-order valence-corrected chi connectivity index (χ3v) is 3.21. The highest BCUT2D eigenvalue weighted by molar-refractivity contribution is 5.92. The van der Waals surface area contributed by atoms with Crippen molar-refractivity contribution in [1.29, 1.82) is 0 Å². The van der Waals surface area contributed by atoms with Gasteiger partial charge in [-0.3, -0.25) is 9.48 Å². The van der Waals surface area contributed by atoms with Gasteiger partial charge in [-0.1, -0.05) is 31.2 Å². The maximum Gasteiger partial charge on any atom is 0.269 e. The third kappa shape index (κ3) is 3.24. The summed E-state index contributed by atoms with van der Waals surface area (Å²) in [4.78, 5) is 12.1. The molecule has 0 aliphatic heterocycles. The second-order valence-electron chi connectivity index (χ2n) is 4.70. The molecule has 0 radical (unpaired) electrons. The van der Waals surface area contributed by atoms with Crippen LogP contribution in [0.1, 0.15) is 34.2 Å². The van der Waals surface area contributed by atoms with E-state index in [1.165, 1.54) is 0 Å². The first kappa shape index (κ1) is 14.3. The number of benzene rings is 1. The van der Waals surface area contributed by atoms with Crippen LogP contribution in [0, 0.1) is 0 Å². The minimum Gasteiger partial charge on any atom is -0.347 e. The fourth-order valence-corrected chi connectivity index (χ4v) is 2.05. The molecule has 5 heteroatoms. The molecule has 0 spiro atoms. The number of nitrogens with two attached hydrogens (primary N) is 1. The Kier molecular flexibility index (Phi) is 4.53. The van der Waals surface area contributed by atoms with E-state index in [9.17, 15) is 4.79 Å². The predicted octanol–water partition coefficient (Wildman–Crippen LogP) is 1.37. The number of amides is 1. The van der Waals surface area contributed by atoms with E-state index in [4.69, 9.17) is 5.73 Å². The van der Waals surface area contributed by atoms with Crippen molar-refractivity contribution in [2.24, 2.45) is 12.8 Å². The molecule has 0 fully saturated rings. The average Bonchev–Trinajstić information content (AvgIpc) is 2.86. The van der Waals surface area contributed by atoms with E-state index >= 15 is 0 Å². The van der Waals surface area contributed by atoms with E-state index in [0.29, 0.717) is 18.8 Å². The van der Waals surface area contributed by atoms with Crippen molar-refractivity contribution in [3.8, 4) is 0 Å². The molecular formula is C15H20N4O. The number of nitrogens with one attached hydrogen (secondary N) is 1. The largest absolute Gasteiger partial charge is 0.347 e. The van der Waals surface area contributed by atoms with Crippen LogP contribution in [-0.4, -0.2) is 15.7 Å². The fraction of sp³-hybridized carbons (Fsp3) is 0.333. The lowest BCUT2D eigenvalue weighted by Gasteiger charge is -2.06. The quantitative estimate of drug-likeness (QED) is 0.863. The minimum atomic E-state index is -0.113. The molecule has 1 aromatic carbocycles. The summed E-state index contributed by atoms with van der Waals surface area (Å²) in [5.41, 5.74) is 9.21. The number of hydrogen-bond donors (Lipinski definition) is 2. The van der Waals surface area contributed by atoms with Crippen molar-refractivity contribution < 1.29 is 4.79 Å². The Morgan fingerprint density at radius 2 is 2.10 bits per heavy atom. The Bertz CT molecular complexity index is 604. The van der Waals surface area contributed by atoms with Crippen molar-refractivity contribution in [1.82, 2.24) is 15.1 Å². The lowest BCUT2D eigenvalue weighted by molar-refractivity contribution is 0.0941. The highest BCUT2D eigenvalue weighted by Crippen LogP contribution is 2.06.